The number of nitrogens with zero attached hydrogens (tertiary/aromatic N) is 1. The number of pyridine rings is 1. The van der Waals surface area contributed by atoms with Crippen LogP contribution in [0.4, 0.5) is 17.2 Å². The lowest BCUT2D eigenvalue weighted by atomic mass is 10.1. The van der Waals surface area contributed by atoms with Crippen molar-refractivity contribution in [3.05, 3.63) is 84.1 Å². The van der Waals surface area contributed by atoms with Gasteiger partial charge in [-0.3, -0.25) is 0 Å². The molecule has 0 bridgehead atoms. The largest absolute Gasteiger partial charge is 0.457 e. The SMILES string of the molecule is Cc1cc(C)cc(Nc2cc(Oc3ccc(N)c4ccccc34)ccn2)c1. The smallest absolute Gasteiger partial charge is 0.135 e. The molecular weight excluding hydrogens is 334 g/mol. The van der Waals surface area contributed by atoms with Gasteiger partial charge in [0.15, 0.2) is 0 Å². The summed E-state index contributed by atoms with van der Waals surface area (Å²) >= 11 is 0. The molecule has 27 heavy (non-hydrogen) atoms. The minimum absolute atomic E-state index is 0.715. The summed E-state index contributed by atoms with van der Waals surface area (Å²) in [5.74, 6) is 2.22. The molecule has 1 heterocycles. The molecule has 4 heteroatoms. The number of fused-ring (bicyclic) bond motifs is 1. The van der Waals surface area contributed by atoms with E-state index >= 15 is 0 Å². The van der Waals surface area contributed by atoms with Gasteiger partial charge in [-0.05, 0) is 55.3 Å². The Labute approximate surface area is 158 Å². The molecule has 134 valence electrons. The fourth-order valence-corrected chi connectivity index (χ4v) is 3.25. The first kappa shape index (κ1) is 16.9. The van der Waals surface area contributed by atoms with Crippen LogP contribution in [-0.2, 0) is 0 Å². The van der Waals surface area contributed by atoms with Crippen molar-refractivity contribution in [2.24, 2.45) is 0 Å². The van der Waals surface area contributed by atoms with E-state index in [-0.39, 0.29) is 0 Å². The Hall–Kier alpha value is -3.53. The Morgan fingerprint density at radius 2 is 1.59 bits per heavy atom. The number of nitrogens with one attached hydrogen (secondary N) is 1. The fraction of sp³-hybridized carbons (Fsp3) is 0.0870. The molecule has 0 aliphatic carbocycles. The van der Waals surface area contributed by atoms with Crippen LogP contribution in [0.3, 0.4) is 0 Å². The number of anilines is 3. The van der Waals surface area contributed by atoms with Gasteiger partial charge in [0.2, 0.25) is 0 Å². The van der Waals surface area contributed by atoms with Crippen LogP contribution in [0, 0.1) is 13.8 Å². The molecule has 0 radical (unpaired) electrons. The lowest BCUT2D eigenvalue weighted by Crippen LogP contribution is -1.96. The van der Waals surface area contributed by atoms with Crippen LogP contribution in [0.1, 0.15) is 11.1 Å². The number of ether oxygens (including phenoxy) is 1. The van der Waals surface area contributed by atoms with Gasteiger partial charge < -0.3 is 15.8 Å². The fourth-order valence-electron chi connectivity index (χ4n) is 3.25. The molecule has 4 aromatic rings. The van der Waals surface area contributed by atoms with E-state index in [1.165, 1.54) is 11.1 Å². The summed E-state index contributed by atoms with van der Waals surface area (Å²) in [6.07, 6.45) is 1.74. The van der Waals surface area contributed by atoms with Gasteiger partial charge in [-0.2, -0.15) is 0 Å². The lowest BCUT2D eigenvalue weighted by Gasteiger charge is -2.12. The Morgan fingerprint density at radius 1 is 0.852 bits per heavy atom. The summed E-state index contributed by atoms with van der Waals surface area (Å²) in [5, 5.41) is 5.32. The van der Waals surface area contributed by atoms with Crippen molar-refractivity contribution in [1.29, 1.82) is 0 Å². The third-order valence-electron chi connectivity index (χ3n) is 4.37. The molecular formula is C23H21N3O. The van der Waals surface area contributed by atoms with Gasteiger partial charge in [-0.15, -0.1) is 0 Å². The van der Waals surface area contributed by atoms with E-state index in [0.717, 1.165) is 33.7 Å². The number of hydrogen-bond acceptors (Lipinski definition) is 4. The van der Waals surface area contributed by atoms with Gasteiger partial charge >= 0.3 is 0 Å². The molecule has 3 aromatic carbocycles. The first-order valence-electron chi connectivity index (χ1n) is 8.85. The van der Waals surface area contributed by atoms with Crippen LogP contribution in [-0.4, -0.2) is 4.98 Å². The molecule has 0 atom stereocenters. The highest BCUT2D eigenvalue weighted by molar-refractivity contribution is 5.97. The zero-order valence-electron chi connectivity index (χ0n) is 15.4. The normalized spacial score (nSPS) is 10.7. The van der Waals surface area contributed by atoms with Crippen LogP contribution in [0.5, 0.6) is 11.5 Å². The van der Waals surface area contributed by atoms with Crippen LogP contribution >= 0.6 is 0 Å². The van der Waals surface area contributed by atoms with Crippen molar-refractivity contribution < 1.29 is 4.74 Å². The van der Waals surface area contributed by atoms with Gasteiger partial charge in [0, 0.05) is 34.4 Å². The van der Waals surface area contributed by atoms with Gasteiger partial charge in [0.05, 0.1) is 0 Å². The third-order valence-corrected chi connectivity index (χ3v) is 4.37. The zero-order valence-corrected chi connectivity index (χ0v) is 15.4. The Morgan fingerprint density at radius 3 is 2.37 bits per heavy atom. The predicted octanol–water partition coefficient (Wildman–Crippen LogP) is 5.97. The number of hydrogen-bond donors (Lipinski definition) is 2. The number of aryl methyl sites for hydroxylation is 2. The van der Waals surface area contributed by atoms with Crippen molar-refractivity contribution in [3.8, 4) is 11.5 Å². The number of nitrogens with two attached hydrogens (primary N) is 1. The summed E-state index contributed by atoms with van der Waals surface area (Å²) in [4.78, 5) is 4.40. The molecule has 4 nitrogen and oxygen atoms in total. The average Bonchev–Trinajstić information content (AvgIpc) is 2.64. The Bertz CT molecular complexity index is 1100. The first-order chi connectivity index (χ1) is 13.1. The van der Waals surface area contributed by atoms with E-state index in [1.807, 2.05) is 48.5 Å². The molecule has 0 aliphatic rings. The Kier molecular flexibility index (Phi) is 4.38. The second-order valence-electron chi connectivity index (χ2n) is 6.68. The maximum Gasteiger partial charge on any atom is 0.135 e. The van der Waals surface area contributed by atoms with E-state index in [1.54, 1.807) is 6.20 Å². The third kappa shape index (κ3) is 3.70. The number of benzene rings is 3. The number of aromatic nitrogens is 1. The van der Waals surface area contributed by atoms with Gasteiger partial charge in [0.1, 0.15) is 17.3 Å². The van der Waals surface area contributed by atoms with Gasteiger partial charge in [0.25, 0.3) is 0 Å². The summed E-state index contributed by atoms with van der Waals surface area (Å²) in [6.45, 7) is 4.16. The summed E-state index contributed by atoms with van der Waals surface area (Å²) in [5.41, 5.74) is 10.2. The first-order valence-corrected chi connectivity index (χ1v) is 8.85. The lowest BCUT2D eigenvalue weighted by molar-refractivity contribution is 0.488. The summed E-state index contributed by atoms with van der Waals surface area (Å²) in [7, 11) is 0. The highest BCUT2D eigenvalue weighted by atomic mass is 16.5. The predicted molar refractivity (Wildman–Crippen MR) is 112 cm³/mol. The van der Waals surface area contributed by atoms with Crippen LogP contribution in [0.2, 0.25) is 0 Å². The van der Waals surface area contributed by atoms with E-state index < -0.39 is 0 Å². The second kappa shape index (κ2) is 7.00. The van der Waals surface area contributed by atoms with Gasteiger partial charge in [-0.25, -0.2) is 4.98 Å². The molecule has 0 spiro atoms. The summed E-state index contributed by atoms with van der Waals surface area (Å²) < 4.78 is 6.14. The van der Waals surface area contributed by atoms with Crippen molar-refractivity contribution in [2.45, 2.75) is 13.8 Å². The molecule has 0 fully saturated rings. The molecule has 0 saturated carbocycles. The summed E-state index contributed by atoms with van der Waals surface area (Å²) in [6, 6.07) is 21.8. The van der Waals surface area contributed by atoms with E-state index in [0.29, 0.717) is 5.75 Å². The van der Waals surface area contributed by atoms with Crippen molar-refractivity contribution in [2.75, 3.05) is 11.1 Å². The molecule has 0 amide bonds. The minimum atomic E-state index is 0.715. The van der Waals surface area contributed by atoms with Crippen molar-refractivity contribution >= 4 is 28.0 Å². The minimum Gasteiger partial charge on any atom is -0.457 e. The molecule has 0 aliphatic heterocycles. The number of rotatable bonds is 4. The molecule has 0 saturated heterocycles. The standard InChI is InChI=1S/C23H21N3O/c1-15-11-16(2)13-17(12-15)26-23-14-18(9-10-25-23)27-22-8-7-21(24)19-5-3-4-6-20(19)22/h3-14H,24H2,1-2H3,(H,25,26). The number of nitrogen functional groups attached to an aromatic ring is 1. The molecule has 4 rings (SSSR count). The monoisotopic (exact) mass is 355 g/mol. The zero-order chi connectivity index (χ0) is 18.8. The highest BCUT2D eigenvalue weighted by Crippen LogP contribution is 2.33. The van der Waals surface area contributed by atoms with Crippen molar-refractivity contribution in [3.63, 3.8) is 0 Å². The average molecular weight is 355 g/mol. The molecule has 0 unspecified atom stereocenters. The Balaban J connectivity index is 1.63. The van der Waals surface area contributed by atoms with Gasteiger partial charge in [-0.1, -0.05) is 30.3 Å². The molecule has 1 aromatic heterocycles. The van der Waals surface area contributed by atoms with E-state index in [2.05, 4.69) is 42.3 Å². The van der Waals surface area contributed by atoms with E-state index in [4.69, 9.17) is 10.5 Å². The van der Waals surface area contributed by atoms with Crippen molar-refractivity contribution in [1.82, 2.24) is 4.98 Å². The van der Waals surface area contributed by atoms with Crippen LogP contribution in [0.15, 0.2) is 72.9 Å². The maximum atomic E-state index is 6.14. The highest BCUT2D eigenvalue weighted by Gasteiger charge is 2.07. The second-order valence-corrected chi connectivity index (χ2v) is 6.68. The van der Waals surface area contributed by atoms with E-state index in [9.17, 15) is 0 Å². The topological polar surface area (TPSA) is 60.2 Å². The maximum absolute atomic E-state index is 6.14. The van der Waals surface area contributed by atoms with Crippen LogP contribution < -0.4 is 15.8 Å². The molecule has 3 N–H and O–H groups in total. The quantitative estimate of drug-likeness (QED) is 0.443. The van der Waals surface area contributed by atoms with Crippen LogP contribution in [0.25, 0.3) is 10.8 Å².